The Morgan fingerprint density at radius 2 is 1.53 bits per heavy atom. The van der Waals surface area contributed by atoms with Crippen molar-refractivity contribution in [1.82, 2.24) is 0 Å². The first-order valence-electron chi connectivity index (χ1n) is 10.1. The Kier molecular flexibility index (Phi) is 7.65. The Hall–Kier alpha value is -3.55. The molecule has 152 valence electrons. The van der Waals surface area contributed by atoms with E-state index < -0.39 is 0 Å². The van der Waals surface area contributed by atoms with E-state index >= 15 is 0 Å². The molecule has 0 bridgehead atoms. The Bertz CT molecular complexity index is 1010. The third-order valence-electron chi connectivity index (χ3n) is 4.52. The van der Waals surface area contributed by atoms with Crippen molar-refractivity contribution in [1.29, 1.82) is 0 Å². The van der Waals surface area contributed by atoms with Gasteiger partial charge in [-0.05, 0) is 36.2 Å². The summed E-state index contributed by atoms with van der Waals surface area (Å²) in [5.74, 6) is 6.34. The number of para-hydroxylation sites is 2. The SMILES string of the molecule is CCCC#Cc1ccccc1N(C)C(=O)N(OCc1ccccc1)c1ccccc1. The lowest BCUT2D eigenvalue weighted by molar-refractivity contribution is 0.108. The molecule has 0 unspecified atom stereocenters. The predicted octanol–water partition coefficient (Wildman–Crippen LogP) is 6.03. The van der Waals surface area contributed by atoms with Crippen molar-refractivity contribution in [2.24, 2.45) is 0 Å². The first-order valence-corrected chi connectivity index (χ1v) is 10.1. The number of anilines is 2. The Morgan fingerprint density at radius 1 is 0.900 bits per heavy atom. The molecule has 0 aliphatic heterocycles. The zero-order valence-electron chi connectivity index (χ0n) is 17.4. The van der Waals surface area contributed by atoms with Crippen molar-refractivity contribution in [2.75, 3.05) is 17.0 Å². The van der Waals surface area contributed by atoms with Gasteiger partial charge in [0, 0.05) is 19.0 Å². The average molecular weight is 399 g/mol. The van der Waals surface area contributed by atoms with Crippen molar-refractivity contribution < 1.29 is 9.63 Å². The zero-order chi connectivity index (χ0) is 21.2. The normalized spacial score (nSPS) is 10.1. The van der Waals surface area contributed by atoms with Crippen LogP contribution in [0.4, 0.5) is 16.2 Å². The van der Waals surface area contributed by atoms with Crippen LogP contribution in [-0.2, 0) is 11.4 Å². The number of hydrogen-bond acceptors (Lipinski definition) is 2. The minimum absolute atomic E-state index is 0.285. The highest BCUT2D eigenvalue weighted by Crippen LogP contribution is 2.23. The standard InChI is InChI=1S/C26H26N2O2/c1-3-4-7-16-23-17-12-13-20-25(23)27(2)26(29)28(24-18-10-6-11-19-24)30-21-22-14-8-5-9-15-22/h5-6,8-15,17-20H,3-4,21H2,1-2H3. The van der Waals surface area contributed by atoms with Crippen molar-refractivity contribution >= 4 is 17.4 Å². The van der Waals surface area contributed by atoms with Gasteiger partial charge in [-0.15, -0.1) is 0 Å². The summed E-state index contributed by atoms with van der Waals surface area (Å²) in [6, 6.07) is 26.5. The van der Waals surface area contributed by atoms with E-state index in [-0.39, 0.29) is 12.6 Å². The fraction of sp³-hybridized carbons (Fsp3) is 0.192. The fourth-order valence-electron chi connectivity index (χ4n) is 2.91. The minimum atomic E-state index is -0.290. The molecule has 0 fully saturated rings. The number of unbranched alkanes of at least 4 members (excludes halogenated alkanes) is 1. The lowest BCUT2D eigenvalue weighted by atomic mass is 10.1. The molecule has 0 atom stereocenters. The number of hydroxylamine groups is 1. The van der Waals surface area contributed by atoms with Crippen LogP contribution in [0, 0.1) is 11.8 Å². The Balaban J connectivity index is 1.87. The molecule has 0 aliphatic carbocycles. The van der Waals surface area contributed by atoms with Crippen LogP contribution in [0.3, 0.4) is 0 Å². The molecule has 0 N–H and O–H groups in total. The van der Waals surface area contributed by atoms with Crippen LogP contribution in [0.5, 0.6) is 0 Å². The second-order valence-corrected chi connectivity index (χ2v) is 6.80. The number of amides is 2. The van der Waals surface area contributed by atoms with E-state index in [1.54, 1.807) is 11.9 Å². The van der Waals surface area contributed by atoms with Gasteiger partial charge in [0.05, 0.1) is 11.4 Å². The van der Waals surface area contributed by atoms with Gasteiger partial charge in [0.1, 0.15) is 6.61 Å². The molecule has 0 spiro atoms. The molecule has 4 nitrogen and oxygen atoms in total. The van der Waals surface area contributed by atoms with E-state index in [1.165, 1.54) is 5.06 Å². The van der Waals surface area contributed by atoms with Crippen LogP contribution in [0.2, 0.25) is 0 Å². The molecule has 2 amide bonds. The van der Waals surface area contributed by atoms with Crippen LogP contribution < -0.4 is 9.96 Å². The van der Waals surface area contributed by atoms with Gasteiger partial charge in [-0.1, -0.05) is 79.4 Å². The molecule has 0 saturated heterocycles. The van der Waals surface area contributed by atoms with Crippen molar-refractivity contribution in [3.05, 3.63) is 96.1 Å². The molecule has 4 heteroatoms. The van der Waals surface area contributed by atoms with Crippen LogP contribution in [0.25, 0.3) is 0 Å². The molecule has 0 saturated carbocycles. The van der Waals surface area contributed by atoms with E-state index in [2.05, 4.69) is 18.8 Å². The van der Waals surface area contributed by atoms with E-state index in [0.29, 0.717) is 5.69 Å². The molecule has 3 aromatic rings. The molecule has 3 rings (SSSR count). The maximum absolute atomic E-state index is 13.4. The largest absolute Gasteiger partial charge is 0.353 e. The summed E-state index contributed by atoms with van der Waals surface area (Å²) in [4.78, 5) is 21.0. The maximum atomic E-state index is 13.4. The fourth-order valence-corrected chi connectivity index (χ4v) is 2.91. The van der Waals surface area contributed by atoms with Crippen molar-refractivity contribution in [3.63, 3.8) is 0 Å². The molecule has 0 aliphatic rings. The highest BCUT2D eigenvalue weighted by atomic mass is 16.7. The molecule has 0 radical (unpaired) electrons. The summed E-state index contributed by atoms with van der Waals surface area (Å²) in [5.41, 5.74) is 3.22. The van der Waals surface area contributed by atoms with E-state index in [0.717, 1.165) is 29.7 Å². The van der Waals surface area contributed by atoms with Gasteiger partial charge in [0.25, 0.3) is 0 Å². The van der Waals surface area contributed by atoms with Gasteiger partial charge in [-0.3, -0.25) is 9.74 Å². The van der Waals surface area contributed by atoms with Gasteiger partial charge in [-0.2, -0.15) is 5.06 Å². The van der Waals surface area contributed by atoms with Gasteiger partial charge >= 0.3 is 6.03 Å². The van der Waals surface area contributed by atoms with Crippen LogP contribution in [0.15, 0.2) is 84.9 Å². The number of nitrogens with zero attached hydrogens (tertiary/aromatic N) is 2. The van der Waals surface area contributed by atoms with Crippen LogP contribution in [0.1, 0.15) is 30.9 Å². The van der Waals surface area contributed by atoms with Crippen molar-refractivity contribution in [2.45, 2.75) is 26.4 Å². The third kappa shape index (κ3) is 5.50. The summed E-state index contributed by atoms with van der Waals surface area (Å²) in [5, 5.41) is 1.34. The minimum Gasteiger partial charge on any atom is -0.294 e. The van der Waals surface area contributed by atoms with Crippen molar-refractivity contribution in [3.8, 4) is 11.8 Å². The smallest absolute Gasteiger partial charge is 0.294 e. The number of benzene rings is 3. The first kappa shape index (κ1) is 21.2. The maximum Gasteiger partial charge on any atom is 0.353 e. The summed E-state index contributed by atoms with van der Waals surface area (Å²) >= 11 is 0. The van der Waals surface area contributed by atoms with E-state index in [4.69, 9.17) is 4.84 Å². The first-order chi connectivity index (χ1) is 14.7. The molecular formula is C26H26N2O2. The number of urea groups is 1. The number of hydrogen-bond donors (Lipinski definition) is 0. The quantitative estimate of drug-likeness (QED) is 0.375. The molecule has 0 heterocycles. The number of rotatable bonds is 6. The lowest BCUT2D eigenvalue weighted by Crippen LogP contribution is -2.41. The molecular weight excluding hydrogens is 372 g/mol. The van der Waals surface area contributed by atoms with Gasteiger partial charge < -0.3 is 0 Å². The highest BCUT2D eigenvalue weighted by Gasteiger charge is 2.23. The molecule has 3 aromatic carbocycles. The second kappa shape index (κ2) is 10.8. The van der Waals surface area contributed by atoms with Gasteiger partial charge in [0.2, 0.25) is 0 Å². The summed E-state index contributed by atoms with van der Waals surface area (Å²) in [6.07, 6.45) is 1.82. The van der Waals surface area contributed by atoms with Crippen LogP contribution >= 0.6 is 0 Å². The third-order valence-corrected chi connectivity index (χ3v) is 4.52. The Morgan fingerprint density at radius 3 is 2.23 bits per heavy atom. The monoisotopic (exact) mass is 398 g/mol. The Labute approximate surface area is 178 Å². The average Bonchev–Trinajstić information content (AvgIpc) is 2.80. The highest BCUT2D eigenvalue weighted by molar-refractivity contribution is 6.02. The van der Waals surface area contributed by atoms with Crippen LogP contribution in [-0.4, -0.2) is 13.1 Å². The topological polar surface area (TPSA) is 32.8 Å². The van der Waals surface area contributed by atoms with E-state index in [9.17, 15) is 4.79 Å². The number of carbonyl (C=O) groups excluding carboxylic acids is 1. The van der Waals surface area contributed by atoms with E-state index in [1.807, 2.05) is 84.9 Å². The second-order valence-electron chi connectivity index (χ2n) is 6.80. The predicted molar refractivity (Wildman–Crippen MR) is 122 cm³/mol. The molecule has 30 heavy (non-hydrogen) atoms. The lowest BCUT2D eigenvalue weighted by Gasteiger charge is -2.28. The summed E-state index contributed by atoms with van der Waals surface area (Å²) < 4.78 is 0. The van der Waals surface area contributed by atoms with Gasteiger partial charge in [0.15, 0.2) is 0 Å². The van der Waals surface area contributed by atoms with Gasteiger partial charge in [-0.25, -0.2) is 4.79 Å². The zero-order valence-corrected chi connectivity index (χ0v) is 17.4. The summed E-state index contributed by atoms with van der Waals surface area (Å²) in [7, 11) is 1.74. The summed E-state index contributed by atoms with van der Waals surface area (Å²) in [6.45, 7) is 2.38. The molecule has 0 aromatic heterocycles. The number of carbonyl (C=O) groups is 1.